The maximum atomic E-state index is 5.02. The molecule has 0 aromatic rings. The van der Waals surface area contributed by atoms with Gasteiger partial charge in [0, 0.05) is 6.42 Å². The predicted molar refractivity (Wildman–Crippen MR) is 66.7 cm³/mol. The van der Waals surface area contributed by atoms with Gasteiger partial charge in [0.15, 0.2) is 0 Å². The van der Waals surface area contributed by atoms with E-state index in [9.17, 15) is 0 Å². The van der Waals surface area contributed by atoms with Crippen molar-refractivity contribution in [3.63, 3.8) is 0 Å². The number of allylic oxidation sites excluding steroid dienone is 6. The van der Waals surface area contributed by atoms with Gasteiger partial charge >= 0.3 is 0 Å². The molecule has 0 unspecified atom stereocenters. The molecule has 0 rings (SSSR count). The maximum Gasteiger partial charge on any atom is 0.00963 e. The molecule has 0 saturated heterocycles. The Balaban J connectivity index is 3.82. The van der Waals surface area contributed by atoms with Crippen LogP contribution < -0.4 is 0 Å². The normalized spacial score (nSPS) is 9.60. The number of hydrogen-bond donors (Lipinski definition) is 0. The molecule has 0 heteroatoms. The second-order valence-electron chi connectivity index (χ2n) is 2.59. The molecule has 0 fully saturated rings. The van der Waals surface area contributed by atoms with Crippen LogP contribution in [0.5, 0.6) is 0 Å². The van der Waals surface area contributed by atoms with Crippen LogP contribution in [0.25, 0.3) is 0 Å². The fourth-order valence-electron chi connectivity index (χ4n) is 0.653. The van der Waals surface area contributed by atoms with E-state index in [1.807, 2.05) is 18.2 Å². The SMILES string of the molecule is C#C/C=C/C=C/C=C/C#CC#CCCC. The Morgan fingerprint density at radius 1 is 1.00 bits per heavy atom. The van der Waals surface area contributed by atoms with Gasteiger partial charge in [0.05, 0.1) is 0 Å². The van der Waals surface area contributed by atoms with Crippen molar-refractivity contribution in [3.05, 3.63) is 36.5 Å². The molecule has 0 nitrogen and oxygen atoms in total. The van der Waals surface area contributed by atoms with Gasteiger partial charge in [0.2, 0.25) is 0 Å². The first kappa shape index (κ1) is 12.9. The van der Waals surface area contributed by atoms with Gasteiger partial charge < -0.3 is 0 Å². The van der Waals surface area contributed by atoms with Gasteiger partial charge in [-0.05, 0) is 30.4 Å². The van der Waals surface area contributed by atoms with Crippen LogP contribution in [0.15, 0.2) is 36.5 Å². The molecule has 15 heavy (non-hydrogen) atoms. The molecular weight excluding hydrogens is 180 g/mol. The summed E-state index contributed by atoms with van der Waals surface area (Å²) in [6, 6.07) is 0. The van der Waals surface area contributed by atoms with E-state index in [-0.39, 0.29) is 0 Å². The standard InChI is InChI=1S/C15H14/c1-3-5-7-9-11-13-15-14-12-10-8-6-4-2/h1,5,7,9,11,13,15H,4,6H2,2H3/b7-5+,11-9+,15-13+. The first-order chi connectivity index (χ1) is 7.41. The molecule has 74 valence electrons. The minimum absolute atomic E-state index is 0.912. The molecule has 0 aliphatic heterocycles. The average molecular weight is 194 g/mol. The first-order valence-corrected chi connectivity index (χ1v) is 4.84. The van der Waals surface area contributed by atoms with E-state index in [1.54, 1.807) is 18.2 Å². The second kappa shape index (κ2) is 11.9. The minimum Gasteiger partial charge on any atom is -0.115 e. The molecular formula is C15H14. The molecule has 0 aromatic heterocycles. The third kappa shape index (κ3) is 11.9. The van der Waals surface area contributed by atoms with Crippen LogP contribution in [0.2, 0.25) is 0 Å². The third-order valence-corrected chi connectivity index (χ3v) is 1.30. The van der Waals surface area contributed by atoms with Crippen molar-refractivity contribution in [1.29, 1.82) is 0 Å². The Labute approximate surface area is 92.8 Å². The van der Waals surface area contributed by atoms with Crippen LogP contribution in [0.3, 0.4) is 0 Å². The lowest BCUT2D eigenvalue weighted by atomic mass is 10.3. The summed E-state index contributed by atoms with van der Waals surface area (Å²) in [5, 5.41) is 0. The van der Waals surface area contributed by atoms with Crippen molar-refractivity contribution in [3.8, 4) is 36.0 Å². The summed E-state index contributed by atoms with van der Waals surface area (Å²) in [6.07, 6.45) is 17.7. The molecule has 0 bridgehead atoms. The largest absolute Gasteiger partial charge is 0.115 e. The van der Waals surface area contributed by atoms with E-state index in [0.29, 0.717) is 0 Å². The summed E-state index contributed by atoms with van der Waals surface area (Å²) < 4.78 is 0. The summed E-state index contributed by atoms with van der Waals surface area (Å²) in [6.45, 7) is 2.09. The first-order valence-electron chi connectivity index (χ1n) is 4.84. The Morgan fingerprint density at radius 3 is 2.40 bits per heavy atom. The molecule has 0 amide bonds. The Morgan fingerprint density at radius 2 is 1.73 bits per heavy atom. The van der Waals surface area contributed by atoms with Crippen molar-refractivity contribution in [2.24, 2.45) is 0 Å². The monoisotopic (exact) mass is 194 g/mol. The van der Waals surface area contributed by atoms with Gasteiger partial charge in [-0.15, -0.1) is 6.42 Å². The molecule has 0 aliphatic rings. The van der Waals surface area contributed by atoms with Crippen LogP contribution in [-0.4, -0.2) is 0 Å². The number of hydrogen-bond acceptors (Lipinski definition) is 0. The number of rotatable bonds is 3. The highest BCUT2D eigenvalue weighted by Crippen LogP contribution is 1.80. The van der Waals surface area contributed by atoms with Crippen molar-refractivity contribution in [2.75, 3.05) is 0 Å². The average Bonchev–Trinajstić information content (AvgIpc) is 2.26. The third-order valence-electron chi connectivity index (χ3n) is 1.30. The van der Waals surface area contributed by atoms with Gasteiger partial charge in [-0.25, -0.2) is 0 Å². The summed E-state index contributed by atoms with van der Waals surface area (Å²) in [7, 11) is 0. The molecule has 0 atom stereocenters. The van der Waals surface area contributed by atoms with Gasteiger partial charge in [-0.2, -0.15) is 0 Å². The molecule has 0 aromatic carbocycles. The van der Waals surface area contributed by atoms with Crippen molar-refractivity contribution in [1.82, 2.24) is 0 Å². The second-order valence-corrected chi connectivity index (χ2v) is 2.59. The zero-order valence-corrected chi connectivity index (χ0v) is 8.96. The lowest BCUT2D eigenvalue weighted by Gasteiger charge is -1.72. The van der Waals surface area contributed by atoms with E-state index in [2.05, 4.69) is 36.5 Å². The smallest absolute Gasteiger partial charge is 0.00963 e. The van der Waals surface area contributed by atoms with E-state index in [1.165, 1.54) is 0 Å². The van der Waals surface area contributed by atoms with Gasteiger partial charge in [-0.1, -0.05) is 49.0 Å². The molecule has 0 heterocycles. The zero-order chi connectivity index (χ0) is 11.2. The van der Waals surface area contributed by atoms with Gasteiger partial charge in [0.25, 0.3) is 0 Å². The van der Waals surface area contributed by atoms with E-state index >= 15 is 0 Å². The van der Waals surface area contributed by atoms with Crippen LogP contribution in [0, 0.1) is 36.0 Å². The molecule has 0 radical (unpaired) electrons. The van der Waals surface area contributed by atoms with E-state index < -0.39 is 0 Å². The molecule has 0 N–H and O–H groups in total. The molecule has 0 aliphatic carbocycles. The summed E-state index contributed by atoms with van der Waals surface area (Å²) in [4.78, 5) is 0. The molecule has 0 saturated carbocycles. The highest BCUT2D eigenvalue weighted by atomic mass is 13.7. The Bertz CT molecular complexity index is 389. The zero-order valence-electron chi connectivity index (χ0n) is 8.96. The number of unbranched alkanes of at least 4 members (excludes halogenated alkanes) is 1. The lowest BCUT2D eigenvalue weighted by molar-refractivity contribution is 0.983. The van der Waals surface area contributed by atoms with Crippen LogP contribution >= 0.6 is 0 Å². The quantitative estimate of drug-likeness (QED) is 0.478. The Hall–Kier alpha value is -2.10. The topological polar surface area (TPSA) is 0 Å². The minimum atomic E-state index is 0.912. The summed E-state index contributed by atoms with van der Waals surface area (Å²) in [5.74, 6) is 13.7. The van der Waals surface area contributed by atoms with Gasteiger partial charge in [0.1, 0.15) is 0 Å². The summed E-state index contributed by atoms with van der Waals surface area (Å²) in [5.41, 5.74) is 0. The maximum absolute atomic E-state index is 5.02. The number of terminal acetylenes is 1. The fraction of sp³-hybridized carbons (Fsp3) is 0.200. The van der Waals surface area contributed by atoms with Crippen LogP contribution in [0.4, 0.5) is 0 Å². The van der Waals surface area contributed by atoms with Crippen molar-refractivity contribution < 1.29 is 0 Å². The lowest BCUT2D eigenvalue weighted by Crippen LogP contribution is -1.59. The highest BCUT2D eigenvalue weighted by molar-refractivity contribution is 5.32. The van der Waals surface area contributed by atoms with Crippen molar-refractivity contribution >= 4 is 0 Å². The van der Waals surface area contributed by atoms with E-state index in [0.717, 1.165) is 12.8 Å². The highest BCUT2D eigenvalue weighted by Gasteiger charge is 1.66. The fourth-order valence-corrected chi connectivity index (χ4v) is 0.653. The van der Waals surface area contributed by atoms with Crippen LogP contribution in [-0.2, 0) is 0 Å². The van der Waals surface area contributed by atoms with E-state index in [4.69, 9.17) is 6.42 Å². The Kier molecular flexibility index (Phi) is 10.2. The van der Waals surface area contributed by atoms with Crippen molar-refractivity contribution in [2.45, 2.75) is 19.8 Å². The van der Waals surface area contributed by atoms with Gasteiger partial charge in [-0.3, -0.25) is 0 Å². The summed E-state index contributed by atoms with van der Waals surface area (Å²) >= 11 is 0. The predicted octanol–water partition coefficient (Wildman–Crippen LogP) is 3.10. The molecule has 0 spiro atoms. The van der Waals surface area contributed by atoms with Crippen LogP contribution in [0.1, 0.15) is 19.8 Å².